The van der Waals surface area contributed by atoms with E-state index in [9.17, 15) is 0 Å². The Labute approximate surface area is 86.3 Å². The molecule has 86 valence electrons. The minimum atomic E-state index is -0.467. The van der Waals surface area contributed by atoms with Gasteiger partial charge in [-0.3, -0.25) is 0 Å². The zero-order valence-corrected chi connectivity index (χ0v) is 9.63. The van der Waals surface area contributed by atoms with Crippen molar-refractivity contribution < 1.29 is 14.9 Å². The Balaban J connectivity index is 4.02. The number of hydrogen-bond acceptors (Lipinski definition) is 4. The van der Waals surface area contributed by atoms with Gasteiger partial charge in [0.15, 0.2) is 0 Å². The molecule has 0 rings (SSSR count). The minimum absolute atomic E-state index is 0.0282. The van der Waals surface area contributed by atoms with Gasteiger partial charge in [0.25, 0.3) is 0 Å². The van der Waals surface area contributed by atoms with Gasteiger partial charge < -0.3 is 20.3 Å². The third-order valence-electron chi connectivity index (χ3n) is 2.26. The second kappa shape index (κ2) is 5.66. The predicted molar refractivity (Wildman–Crippen MR) is 56.2 cm³/mol. The standard InChI is InChI=1S/C10H23NO3/c1-9(2,8-14-4)11-5-10(3,6-12)7-13/h11-13H,5-8H2,1-4H3. The lowest BCUT2D eigenvalue weighted by atomic mass is 9.91. The third kappa shape index (κ3) is 4.91. The van der Waals surface area contributed by atoms with Crippen LogP contribution in [0.1, 0.15) is 20.8 Å². The topological polar surface area (TPSA) is 61.7 Å². The molecule has 0 spiro atoms. The van der Waals surface area contributed by atoms with E-state index < -0.39 is 5.41 Å². The summed E-state index contributed by atoms with van der Waals surface area (Å²) in [6.45, 7) is 6.98. The Bertz CT molecular complexity index is 155. The molecule has 4 heteroatoms. The fourth-order valence-electron chi connectivity index (χ4n) is 1.03. The Morgan fingerprint density at radius 2 is 1.64 bits per heavy atom. The third-order valence-corrected chi connectivity index (χ3v) is 2.26. The van der Waals surface area contributed by atoms with Gasteiger partial charge in [-0.05, 0) is 13.8 Å². The number of nitrogens with one attached hydrogen (secondary N) is 1. The molecule has 0 heterocycles. The molecule has 0 amide bonds. The van der Waals surface area contributed by atoms with Crippen LogP contribution in [0.3, 0.4) is 0 Å². The molecule has 0 saturated heterocycles. The average molecular weight is 205 g/mol. The first-order valence-electron chi connectivity index (χ1n) is 4.85. The molecule has 0 bridgehead atoms. The van der Waals surface area contributed by atoms with Crippen molar-refractivity contribution in [2.75, 3.05) is 33.5 Å². The summed E-state index contributed by atoms with van der Waals surface area (Å²) in [7, 11) is 1.65. The molecule has 3 N–H and O–H groups in total. The van der Waals surface area contributed by atoms with Gasteiger partial charge in [-0.2, -0.15) is 0 Å². The summed E-state index contributed by atoms with van der Waals surface area (Å²) in [6, 6.07) is 0. The monoisotopic (exact) mass is 205 g/mol. The quantitative estimate of drug-likeness (QED) is 0.547. The highest BCUT2D eigenvalue weighted by Gasteiger charge is 2.26. The smallest absolute Gasteiger partial charge is 0.0639 e. The molecule has 0 atom stereocenters. The number of aliphatic hydroxyl groups is 2. The van der Waals surface area contributed by atoms with E-state index in [-0.39, 0.29) is 18.8 Å². The fraction of sp³-hybridized carbons (Fsp3) is 1.00. The summed E-state index contributed by atoms with van der Waals surface area (Å²) in [4.78, 5) is 0. The lowest BCUT2D eigenvalue weighted by Gasteiger charge is -2.32. The first-order valence-corrected chi connectivity index (χ1v) is 4.85. The van der Waals surface area contributed by atoms with Crippen molar-refractivity contribution in [1.82, 2.24) is 5.32 Å². The maximum Gasteiger partial charge on any atom is 0.0639 e. The van der Waals surface area contributed by atoms with Crippen molar-refractivity contribution in [1.29, 1.82) is 0 Å². The number of ether oxygens (including phenoxy) is 1. The molecule has 0 saturated carbocycles. The maximum absolute atomic E-state index is 9.08. The van der Waals surface area contributed by atoms with Gasteiger partial charge in [0.1, 0.15) is 0 Å². The number of methoxy groups -OCH3 is 1. The zero-order chi connectivity index (χ0) is 11.2. The minimum Gasteiger partial charge on any atom is -0.396 e. The Morgan fingerprint density at radius 3 is 2.00 bits per heavy atom. The van der Waals surface area contributed by atoms with Gasteiger partial charge >= 0.3 is 0 Å². The summed E-state index contributed by atoms with van der Waals surface area (Å²) in [5.41, 5.74) is -0.606. The molecule has 0 aromatic carbocycles. The average Bonchev–Trinajstić information content (AvgIpc) is 2.14. The molecule has 0 aromatic heterocycles. The molecule has 0 unspecified atom stereocenters. The number of rotatable bonds is 7. The summed E-state index contributed by atoms with van der Waals surface area (Å²) < 4.78 is 5.05. The highest BCUT2D eigenvalue weighted by molar-refractivity contribution is 4.83. The van der Waals surface area contributed by atoms with E-state index in [1.54, 1.807) is 7.11 Å². The normalized spacial score (nSPS) is 13.3. The van der Waals surface area contributed by atoms with Gasteiger partial charge in [0.2, 0.25) is 0 Å². The fourth-order valence-corrected chi connectivity index (χ4v) is 1.03. The molecule has 0 radical (unpaired) electrons. The Morgan fingerprint density at radius 1 is 1.14 bits per heavy atom. The van der Waals surface area contributed by atoms with E-state index in [4.69, 9.17) is 14.9 Å². The van der Waals surface area contributed by atoms with Gasteiger partial charge in [0, 0.05) is 24.6 Å². The van der Waals surface area contributed by atoms with E-state index in [1.807, 2.05) is 20.8 Å². The molecule has 14 heavy (non-hydrogen) atoms. The van der Waals surface area contributed by atoms with Crippen molar-refractivity contribution in [3.63, 3.8) is 0 Å². The molecule has 0 aliphatic heterocycles. The second-order valence-corrected chi connectivity index (χ2v) is 4.80. The van der Waals surface area contributed by atoms with Crippen molar-refractivity contribution in [2.45, 2.75) is 26.3 Å². The molecule has 0 fully saturated rings. The van der Waals surface area contributed by atoms with E-state index >= 15 is 0 Å². The van der Waals surface area contributed by atoms with Crippen LogP contribution < -0.4 is 5.32 Å². The summed E-state index contributed by atoms with van der Waals surface area (Å²) >= 11 is 0. The van der Waals surface area contributed by atoms with E-state index in [1.165, 1.54) is 0 Å². The molecule has 0 aliphatic rings. The van der Waals surface area contributed by atoms with Crippen LogP contribution in [0.4, 0.5) is 0 Å². The van der Waals surface area contributed by atoms with Gasteiger partial charge in [-0.15, -0.1) is 0 Å². The Kier molecular flexibility index (Phi) is 5.59. The highest BCUT2D eigenvalue weighted by Crippen LogP contribution is 2.14. The predicted octanol–water partition coefficient (Wildman–Crippen LogP) is -0.00810. The van der Waals surface area contributed by atoms with Crippen LogP contribution in [-0.2, 0) is 4.74 Å². The Hall–Kier alpha value is -0.160. The maximum atomic E-state index is 9.08. The molecule has 0 aromatic rings. The lowest BCUT2D eigenvalue weighted by Crippen LogP contribution is -2.49. The summed E-state index contributed by atoms with van der Waals surface area (Å²) in [5, 5.41) is 21.4. The van der Waals surface area contributed by atoms with Crippen LogP contribution in [0.2, 0.25) is 0 Å². The summed E-state index contributed by atoms with van der Waals surface area (Å²) in [5.74, 6) is 0. The number of hydrogen-bond donors (Lipinski definition) is 3. The van der Waals surface area contributed by atoms with Gasteiger partial charge in [-0.25, -0.2) is 0 Å². The van der Waals surface area contributed by atoms with Crippen LogP contribution in [0.5, 0.6) is 0 Å². The SMILES string of the molecule is COCC(C)(C)NCC(C)(CO)CO. The molecule has 4 nitrogen and oxygen atoms in total. The first kappa shape index (κ1) is 13.8. The lowest BCUT2D eigenvalue weighted by molar-refractivity contribution is 0.0535. The van der Waals surface area contributed by atoms with Crippen molar-refractivity contribution >= 4 is 0 Å². The van der Waals surface area contributed by atoms with E-state index in [2.05, 4.69) is 5.32 Å². The van der Waals surface area contributed by atoms with E-state index in [0.717, 1.165) is 0 Å². The van der Waals surface area contributed by atoms with Gasteiger partial charge in [0.05, 0.1) is 19.8 Å². The van der Waals surface area contributed by atoms with Crippen molar-refractivity contribution in [3.05, 3.63) is 0 Å². The largest absolute Gasteiger partial charge is 0.396 e. The highest BCUT2D eigenvalue weighted by atomic mass is 16.5. The van der Waals surface area contributed by atoms with Crippen molar-refractivity contribution in [2.24, 2.45) is 5.41 Å². The first-order chi connectivity index (χ1) is 6.39. The van der Waals surface area contributed by atoms with Crippen LogP contribution >= 0.6 is 0 Å². The van der Waals surface area contributed by atoms with Crippen LogP contribution in [0.15, 0.2) is 0 Å². The zero-order valence-electron chi connectivity index (χ0n) is 9.63. The molecular formula is C10H23NO3. The molecule has 0 aliphatic carbocycles. The number of aliphatic hydroxyl groups excluding tert-OH is 2. The van der Waals surface area contributed by atoms with Crippen LogP contribution in [-0.4, -0.2) is 49.2 Å². The second-order valence-electron chi connectivity index (χ2n) is 4.80. The van der Waals surface area contributed by atoms with Crippen LogP contribution in [0.25, 0.3) is 0 Å². The van der Waals surface area contributed by atoms with Gasteiger partial charge in [-0.1, -0.05) is 6.92 Å². The van der Waals surface area contributed by atoms with Crippen LogP contribution in [0, 0.1) is 5.41 Å². The van der Waals surface area contributed by atoms with E-state index in [0.29, 0.717) is 13.2 Å². The summed E-state index contributed by atoms with van der Waals surface area (Å²) in [6.07, 6.45) is 0. The van der Waals surface area contributed by atoms with Crippen molar-refractivity contribution in [3.8, 4) is 0 Å². The molecular weight excluding hydrogens is 182 g/mol.